The molecule has 0 saturated carbocycles. The quantitative estimate of drug-likeness (QED) is 0.386. The number of amides is 6. The van der Waals surface area contributed by atoms with Gasteiger partial charge >= 0.3 is 6.03 Å². The van der Waals surface area contributed by atoms with Crippen molar-refractivity contribution >= 4 is 62.9 Å². The van der Waals surface area contributed by atoms with Crippen molar-refractivity contribution in [3.8, 4) is 0 Å². The fourth-order valence-electron chi connectivity index (χ4n) is 4.81. The molecular weight excluding hydrogens is 600 g/mol. The molecule has 2 N–H and O–H groups in total. The Kier molecular flexibility index (Phi) is 7.73. The standard InChI is InChI=1S/C29H24BrClN4O5/c1-16-6-8-19(13-23(16)31)33-29(40)32-14-17-7-9-20-18(12-17)15-34(26(20)37)24-10-11-25(36)35(28(24)39)27(38)21-4-2-3-5-22(21)30/h2-9,12-13,24H,10-11,14-15H2,1H3,(H2,32,33,40). The number of piperidine rings is 1. The molecule has 9 nitrogen and oxygen atoms in total. The number of anilines is 1. The average molecular weight is 624 g/mol. The Morgan fingerprint density at radius 2 is 1.82 bits per heavy atom. The van der Waals surface area contributed by atoms with Gasteiger partial charge in [0.1, 0.15) is 6.04 Å². The number of benzene rings is 3. The molecule has 5 rings (SSSR count). The first kappa shape index (κ1) is 27.5. The predicted octanol–water partition coefficient (Wildman–Crippen LogP) is 5.05. The summed E-state index contributed by atoms with van der Waals surface area (Å²) < 4.78 is 0.463. The molecule has 40 heavy (non-hydrogen) atoms. The van der Waals surface area contributed by atoms with Gasteiger partial charge in [-0.25, -0.2) is 9.69 Å². The van der Waals surface area contributed by atoms with E-state index in [2.05, 4.69) is 26.6 Å². The molecule has 2 aliphatic heterocycles. The number of fused-ring (bicyclic) bond motifs is 1. The van der Waals surface area contributed by atoms with Gasteiger partial charge in [-0.3, -0.25) is 19.2 Å². The number of carbonyl (C=O) groups excluding carboxylic acids is 5. The molecule has 0 spiro atoms. The van der Waals surface area contributed by atoms with Gasteiger partial charge in [-0.05, 0) is 76.3 Å². The van der Waals surface area contributed by atoms with Gasteiger partial charge in [0.15, 0.2) is 0 Å². The summed E-state index contributed by atoms with van der Waals surface area (Å²) >= 11 is 9.41. The van der Waals surface area contributed by atoms with Crippen LogP contribution in [0.2, 0.25) is 5.02 Å². The number of rotatable bonds is 5. The number of imide groups is 3. The third-order valence-corrected chi connectivity index (χ3v) is 8.05. The van der Waals surface area contributed by atoms with Crippen LogP contribution < -0.4 is 10.6 Å². The monoisotopic (exact) mass is 622 g/mol. The molecule has 2 aliphatic rings. The largest absolute Gasteiger partial charge is 0.334 e. The maximum absolute atomic E-state index is 13.4. The maximum Gasteiger partial charge on any atom is 0.319 e. The van der Waals surface area contributed by atoms with Crippen molar-refractivity contribution in [3.63, 3.8) is 0 Å². The zero-order chi connectivity index (χ0) is 28.6. The van der Waals surface area contributed by atoms with Crippen LogP contribution in [0.4, 0.5) is 10.5 Å². The van der Waals surface area contributed by atoms with E-state index in [0.29, 0.717) is 31.2 Å². The van der Waals surface area contributed by atoms with Gasteiger partial charge in [0, 0.05) is 40.3 Å². The highest BCUT2D eigenvalue weighted by molar-refractivity contribution is 9.10. The number of hydrogen-bond donors (Lipinski definition) is 2. The Bertz CT molecular complexity index is 1580. The fraction of sp³-hybridized carbons (Fsp3) is 0.207. The third-order valence-electron chi connectivity index (χ3n) is 6.95. The molecule has 6 amide bonds. The second-order valence-corrected chi connectivity index (χ2v) is 10.9. The Morgan fingerprint density at radius 1 is 1.05 bits per heavy atom. The number of halogens is 2. The first-order valence-electron chi connectivity index (χ1n) is 12.5. The summed E-state index contributed by atoms with van der Waals surface area (Å²) in [4.78, 5) is 66.8. The first-order chi connectivity index (χ1) is 19.1. The van der Waals surface area contributed by atoms with Crippen molar-refractivity contribution in [1.82, 2.24) is 15.1 Å². The summed E-state index contributed by atoms with van der Waals surface area (Å²) in [5, 5.41) is 6.06. The van der Waals surface area contributed by atoms with Crippen LogP contribution >= 0.6 is 27.5 Å². The lowest BCUT2D eigenvalue weighted by Gasteiger charge is -2.34. The zero-order valence-electron chi connectivity index (χ0n) is 21.4. The van der Waals surface area contributed by atoms with Crippen LogP contribution in [0.5, 0.6) is 0 Å². The van der Waals surface area contributed by atoms with Crippen LogP contribution in [0.15, 0.2) is 65.1 Å². The molecule has 1 fully saturated rings. The molecule has 1 unspecified atom stereocenters. The molecule has 1 atom stereocenters. The van der Waals surface area contributed by atoms with Gasteiger partial charge in [0.05, 0.1) is 5.56 Å². The van der Waals surface area contributed by atoms with E-state index in [9.17, 15) is 24.0 Å². The summed E-state index contributed by atoms with van der Waals surface area (Å²) in [6, 6.07) is 15.6. The van der Waals surface area contributed by atoms with Gasteiger partial charge in [-0.15, -0.1) is 0 Å². The Labute approximate surface area is 243 Å². The molecule has 11 heteroatoms. The minimum absolute atomic E-state index is 0.0385. The van der Waals surface area contributed by atoms with E-state index >= 15 is 0 Å². The molecule has 0 radical (unpaired) electrons. The summed E-state index contributed by atoms with van der Waals surface area (Å²) in [7, 11) is 0. The van der Waals surface area contributed by atoms with E-state index < -0.39 is 29.8 Å². The smallest absolute Gasteiger partial charge is 0.319 e. The molecule has 0 aromatic heterocycles. The minimum Gasteiger partial charge on any atom is -0.334 e. The van der Waals surface area contributed by atoms with Crippen molar-refractivity contribution in [2.45, 2.75) is 38.9 Å². The molecule has 0 aliphatic carbocycles. The number of nitrogens with zero attached hydrogens (tertiary/aromatic N) is 2. The molecular formula is C29H24BrClN4O5. The summed E-state index contributed by atoms with van der Waals surface area (Å²) in [6.45, 7) is 2.23. The Hall–Kier alpha value is -4.02. The second kappa shape index (κ2) is 11.2. The maximum atomic E-state index is 13.4. The van der Waals surface area contributed by atoms with Gasteiger partial charge in [-0.1, -0.05) is 41.9 Å². The van der Waals surface area contributed by atoms with Crippen molar-refractivity contribution in [2.75, 3.05) is 5.32 Å². The number of hydrogen-bond acceptors (Lipinski definition) is 5. The Morgan fingerprint density at radius 3 is 2.58 bits per heavy atom. The average Bonchev–Trinajstić information content (AvgIpc) is 3.25. The number of nitrogens with one attached hydrogen (secondary N) is 2. The van der Waals surface area contributed by atoms with Crippen LogP contribution in [0, 0.1) is 6.92 Å². The van der Waals surface area contributed by atoms with Gasteiger partial charge < -0.3 is 15.5 Å². The SMILES string of the molecule is Cc1ccc(NC(=O)NCc2ccc3c(c2)CN(C2CCC(=O)N(C(=O)c4ccccc4Br)C2=O)C3=O)cc1Cl. The molecule has 0 bridgehead atoms. The van der Waals surface area contributed by atoms with E-state index in [1.807, 2.05) is 13.0 Å². The van der Waals surface area contributed by atoms with E-state index in [1.54, 1.807) is 48.5 Å². The first-order valence-corrected chi connectivity index (χ1v) is 13.7. The lowest BCUT2D eigenvalue weighted by atomic mass is 10.0. The fourth-order valence-corrected chi connectivity index (χ4v) is 5.45. The van der Waals surface area contributed by atoms with E-state index in [0.717, 1.165) is 11.1 Å². The number of carbonyl (C=O) groups is 5. The van der Waals surface area contributed by atoms with Crippen molar-refractivity contribution in [2.24, 2.45) is 0 Å². The van der Waals surface area contributed by atoms with E-state index in [4.69, 9.17) is 11.6 Å². The van der Waals surface area contributed by atoms with Crippen LogP contribution in [-0.4, -0.2) is 45.5 Å². The molecule has 1 saturated heterocycles. The van der Waals surface area contributed by atoms with Crippen molar-refractivity contribution in [3.05, 3.63) is 98.0 Å². The van der Waals surface area contributed by atoms with Crippen molar-refractivity contribution in [1.29, 1.82) is 0 Å². The summed E-state index contributed by atoms with van der Waals surface area (Å²) in [6.07, 6.45) is 0.0952. The van der Waals surface area contributed by atoms with Crippen LogP contribution in [0.3, 0.4) is 0 Å². The Balaban J connectivity index is 1.26. The van der Waals surface area contributed by atoms with Gasteiger partial charge in [0.2, 0.25) is 5.91 Å². The zero-order valence-corrected chi connectivity index (χ0v) is 23.7. The van der Waals surface area contributed by atoms with Gasteiger partial charge in [0.25, 0.3) is 17.7 Å². The number of urea groups is 1. The summed E-state index contributed by atoms with van der Waals surface area (Å²) in [5.74, 6) is -2.38. The second-order valence-electron chi connectivity index (χ2n) is 9.60. The molecule has 3 aromatic rings. The van der Waals surface area contributed by atoms with Gasteiger partial charge in [-0.2, -0.15) is 0 Å². The lowest BCUT2D eigenvalue weighted by molar-refractivity contribution is -0.148. The van der Waals surface area contributed by atoms with Crippen LogP contribution in [0.1, 0.15) is 50.2 Å². The highest BCUT2D eigenvalue weighted by Gasteiger charge is 2.45. The van der Waals surface area contributed by atoms with E-state index in [1.165, 1.54) is 11.0 Å². The van der Waals surface area contributed by atoms with Crippen molar-refractivity contribution < 1.29 is 24.0 Å². The number of likely N-dealkylation sites (tertiary alicyclic amines) is 1. The van der Waals surface area contributed by atoms with Crippen LogP contribution in [-0.2, 0) is 22.7 Å². The van der Waals surface area contributed by atoms with Crippen LogP contribution in [0.25, 0.3) is 0 Å². The topological polar surface area (TPSA) is 116 Å². The summed E-state index contributed by atoms with van der Waals surface area (Å²) in [5.41, 5.74) is 3.55. The highest BCUT2D eigenvalue weighted by atomic mass is 79.9. The molecule has 204 valence electrons. The van der Waals surface area contributed by atoms with E-state index in [-0.39, 0.29) is 37.4 Å². The molecule has 3 aromatic carbocycles. The third kappa shape index (κ3) is 5.37. The predicted molar refractivity (Wildman–Crippen MR) is 152 cm³/mol. The lowest BCUT2D eigenvalue weighted by Crippen LogP contribution is -2.56. The normalized spacial score (nSPS) is 16.7. The minimum atomic E-state index is -0.947. The molecule has 2 heterocycles. The highest BCUT2D eigenvalue weighted by Crippen LogP contribution is 2.31. The number of aryl methyl sites for hydroxylation is 1.